The lowest BCUT2D eigenvalue weighted by atomic mass is 10.0. The Bertz CT molecular complexity index is 1220. The third-order valence-electron chi connectivity index (χ3n) is 6.81. The number of hydrogen-bond donors (Lipinski definition) is 1. The van der Waals surface area contributed by atoms with E-state index in [2.05, 4.69) is 39.6 Å². The number of fused-ring (bicyclic) bond motifs is 1. The van der Waals surface area contributed by atoms with Crippen LogP contribution in [0.4, 0.5) is 5.69 Å². The van der Waals surface area contributed by atoms with Gasteiger partial charge in [-0.05, 0) is 30.7 Å². The first-order valence-electron chi connectivity index (χ1n) is 11.6. The fourth-order valence-electron chi connectivity index (χ4n) is 4.70. The van der Waals surface area contributed by atoms with Crippen LogP contribution >= 0.6 is 11.6 Å². The molecule has 9 heteroatoms. The van der Waals surface area contributed by atoms with Gasteiger partial charge in [0, 0.05) is 69.4 Å². The lowest BCUT2D eigenvalue weighted by molar-refractivity contribution is -0.129. The van der Waals surface area contributed by atoms with Gasteiger partial charge < -0.3 is 19.9 Å². The van der Waals surface area contributed by atoms with E-state index in [4.69, 9.17) is 16.3 Å². The van der Waals surface area contributed by atoms with Gasteiger partial charge in [-0.3, -0.25) is 9.59 Å². The van der Waals surface area contributed by atoms with E-state index in [1.807, 2.05) is 24.1 Å². The average Bonchev–Trinajstić information content (AvgIpc) is 3.45. The fraction of sp³-hybridized carbons (Fsp3) is 0.400. The van der Waals surface area contributed by atoms with E-state index in [9.17, 15) is 9.59 Å². The third kappa shape index (κ3) is 4.42. The second kappa shape index (κ2) is 9.18. The molecule has 1 aromatic carbocycles. The molecule has 2 aliphatic heterocycles. The van der Waals surface area contributed by atoms with Gasteiger partial charge in [-0.1, -0.05) is 23.7 Å². The molecule has 0 saturated carbocycles. The fourth-order valence-corrected chi connectivity index (χ4v) is 4.92. The summed E-state index contributed by atoms with van der Waals surface area (Å²) < 4.78 is 8.07. The molecular weight excluding hydrogens is 454 g/mol. The number of hydrogen-bond acceptors (Lipinski definition) is 5. The van der Waals surface area contributed by atoms with Crippen molar-refractivity contribution < 1.29 is 14.3 Å². The number of pyridine rings is 1. The Kier molecular flexibility index (Phi) is 6.08. The van der Waals surface area contributed by atoms with Crippen molar-refractivity contribution in [3.8, 4) is 16.9 Å². The van der Waals surface area contributed by atoms with Crippen LogP contribution in [-0.2, 0) is 9.59 Å². The number of aromatic nitrogens is 2. The summed E-state index contributed by atoms with van der Waals surface area (Å²) in [6.45, 7) is 7.36. The minimum absolute atomic E-state index is 0.0597. The van der Waals surface area contributed by atoms with Gasteiger partial charge in [0.15, 0.2) is 0 Å². The van der Waals surface area contributed by atoms with Crippen LogP contribution in [0.1, 0.15) is 20.3 Å². The molecule has 0 spiro atoms. The first kappa shape index (κ1) is 22.5. The molecule has 0 bridgehead atoms. The van der Waals surface area contributed by atoms with Gasteiger partial charge >= 0.3 is 0 Å². The molecule has 2 aliphatic rings. The maximum Gasteiger partial charge on any atom is 0.220 e. The quantitative estimate of drug-likeness (QED) is 0.605. The van der Waals surface area contributed by atoms with E-state index in [0.717, 1.165) is 48.5 Å². The van der Waals surface area contributed by atoms with Crippen LogP contribution in [0.2, 0.25) is 5.02 Å². The molecule has 4 heterocycles. The highest BCUT2D eigenvalue weighted by molar-refractivity contribution is 6.34. The van der Waals surface area contributed by atoms with E-state index in [0.29, 0.717) is 23.7 Å². The summed E-state index contributed by atoms with van der Waals surface area (Å²) in [4.78, 5) is 27.4. The number of ether oxygens (including phenoxy) is 1. The number of nitrogens with one attached hydrogen (secondary N) is 1. The second-order valence-corrected chi connectivity index (χ2v) is 9.42. The van der Waals surface area contributed by atoms with E-state index in [1.54, 1.807) is 17.6 Å². The zero-order valence-electron chi connectivity index (χ0n) is 19.3. The number of nitrogens with zero attached hydrogens (tertiary/aromatic N) is 4. The summed E-state index contributed by atoms with van der Waals surface area (Å²) in [7, 11) is 0. The molecule has 2 saturated heterocycles. The Hall–Kier alpha value is -3.26. The molecule has 8 nitrogen and oxygen atoms in total. The predicted octanol–water partition coefficient (Wildman–Crippen LogP) is 3.23. The van der Waals surface area contributed by atoms with Crippen molar-refractivity contribution in [1.29, 1.82) is 0 Å². The van der Waals surface area contributed by atoms with Crippen LogP contribution in [0, 0.1) is 5.92 Å². The molecule has 2 fully saturated rings. The third-order valence-corrected chi connectivity index (χ3v) is 7.09. The van der Waals surface area contributed by atoms with Gasteiger partial charge in [-0.25, -0.2) is 4.52 Å². The maximum absolute atomic E-state index is 11.6. The normalized spacial score (nSPS) is 19.4. The van der Waals surface area contributed by atoms with Crippen LogP contribution in [0.5, 0.6) is 5.75 Å². The van der Waals surface area contributed by atoms with E-state index >= 15 is 0 Å². The molecule has 2 amide bonds. The Morgan fingerprint density at radius 3 is 2.56 bits per heavy atom. The van der Waals surface area contributed by atoms with Crippen molar-refractivity contribution >= 4 is 34.6 Å². The zero-order chi connectivity index (χ0) is 23.8. The smallest absolute Gasteiger partial charge is 0.220 e. The highest BCUT2D eigenvalue weighted by atomic mass is 35.5. The van der Waals surface area contributed by atoms with Crippen LogP contribution in [0.15, 0.2) is 42.7 Å². The number of halogens is 1. The minimum atomic E-state index is -0.153. The van der Waals surface area contributed by atoms with Crippen LogP contribution in [0.3, 0.4) is 0 Å². The molecule has 0 aliphatic carbocycles. The lowest BCUT2D eigenvalue weighted by Gasteiger charge is -2.35. The van der Waals surface area contributed by atoms with Crippen LogP contribution in [0.25, 0.3) is 16.6 Å². The topological polar surface area (TPSA) is 79.2 Å². The Labute approximate surface area is 203 Å². The first-order valence-corrected chi connectivity index (χ1v) is 12.0. The minimum Gasteiger partial charge on any atom is -0.488 e. The van der Waals surface area contributed by atoms with Crippen molar-refractivity contribution in [2.24, 2.45) is 5.92 Å². The summed E-state index contributed by atoms with van der Waals surface area (Å²) in [6.07, 6.45) is 3.87. The van der Waals surface area contributed by atoms with Crippen molar-refractivity contribution in [1.82, 2.24) is 19.8 Å². The van der Waals surface area contributed by atoms with Gasteiger partial charge in [0.05, 0.1) is 11.2 Å². The molecule has 0 radical (unpaired) electrons. The molecule has 178 valence electrons. The van der Waals surface area contributed by atoms with Crippen molar-refractivity contribution in [2.75, 3.05) is 37.6 Å². The van der Waals surface area contributed by atoms with Gasteiger partial charge in [0.2, 0.25) is 11.8 Å². The summed E-state index contributed by atoms with van der Waals surface area (Å²) in [5, 5.41) is 7.79. The molecule has 2 atom stereocenters. The molecule has 0 unspecified atom stereocenters. The molecule has 3 aromatic rings. The first-order chi connectivity index (χ1) is 16.4. The van der Waals surface area contributed by atoms with Crippen molar-refractivity contribution in [3.05, 3.63) is 47.7 Å². The molecule has 1 N–H and O–H groups in total. The molecule has 5 rings (SSSR count). The van der Waals surface area contributed by atoms with Crippen LogP contribution < -0.4 is 15.0 Å². The van der Waals surface area contributed by atoms with Gasteiger partial charge in [-0.2, -0.15) is 5.10 Å². The summed E-state index contributed by atoms with van der Waals surface area (Å²) in [5.74, 6) is 0.953. The summed E-state index contributed by atoms with van der Waals surface area (Å²) in [6, 6.07) is 10.4. The Morgan fingerprint density at radius 1 is 1.18 bits per heavy atom. The Balaban J connectivity index is 1.38. The van der Waals surface area contributed by atoms with E-state index in [-0.39, 0.29) is 23.8 Å². The number of anilines is 1. The number of amides is 2. The number of rotatable bonds is 5. The highest BCUT2D eigenvalue weighted by Gasteiger charge is 2.29. The number of benzene rings is 1. The van der Waals surface area contributed by atoms with Gasteiger partial charge in [-0.15, -0.1) is 0 Å². The van der Waals surface area contributed by atoms with Gasteiger partial charge in [0.25, 0.3) is 0 Å². The second-order valence-electron chi connectivity index (χ2n) is 9.01. The Morgan fingerprint density at radius 2 is 1.91 bits per heavy atom. The molecule has 34 heavy (non-hydrogen) atoms. The monoisotopic (exact) mass is 481 g/mol. The molecular formula is C25H28ClN5O3. The van der Waals surface area contributed by atoms with E-state index in [1.165, 1.54) is 0 Å². The van der Waals surface area contributed by atoms with Crippen LogP contribution in [-0.4, -0.2) is 65.2 Å². The van der Waals surface area contributed by atoms with Crippen molar-refractivity contribution in [3.63, 3.8) is 0 Å². The van der Waals surface area contributed by atoms with Crippen molar-refractivity contribution in [2.45, 2.75) is 26.4 Å². The zero-order valence-corrected chi connectivity index (χ0v) is 20.1. The number of carbonyl (C=O) groups is 2. The summed E-state index contributed by atoms with van der Waals surface area (Å²) >= 11 is 6.42. The number of piperazine rings is 1. The summed E-state index contributed by atoms with van der Waals surface area (Å²) in [5.41, 5.74) is 3.85. The predicted molar refractivity (Wildman–Crippen MR) is 131 cm³/mol. The maximum atomic E-state index is 11.6. The average molecular weight is 482 g/mol. The van der Waals surface area contributed by atoms with E-state index < -0.39 is 0 Å². The van der Waals surface area contributed by atoms with Gasteiger partial charge in [0.1, 0.15) is 17.4 Å². The largest absolute Gasteiger partial charge is 0.488 e. The highest BCUT2D eigenvalue weighted by Crippen LogP contribution is 2.34. The lowest BCUT2D eigenvalue weighted by Crippen LogP contribution is -2.48. The number of carbonyl (C=O) groups excluding carboxylic acids is 2. The SMILES string of the molecule is CC(=O)N1CCN(c2ccc(-c3cc(O[C@H](C)[C@H]4CNC(=O)C4)c4c(Cl)cnn4c3)cc2)CC1. The molecule has 2 aromatic heterocycles. The standard InChI is InChI=1S/C25H28ClN5O3/c1-16(19-12-24(33)27-13-19)34-23-11-20(15-31-25(23)22(26)14-28-31)18-3-5-21(6-4-18)30-9-7-29(8-10-30)17(2)32/h3-6,11,14-16,19H,7-10,12-13H2,1-2H3,(H,27,33)/t16-,19-/m1/s1.